The third kappa shape index (κ3) is 7.58. The van der Waals surface area contributed by atoms with Gasteiger partial charge in [-0.25, -0.2) is 0 Å². The van der Waals surface area contributed by atoms with E-state index in [4.69, 9.17) is 0 Å². The van der Waals surface area contributed by atoms with E-state index in [0.717, 1.165) is 6.42 Å². The van der Waals surface area contributed by atoms with Gasteiger partial charge in [0.1, 0.15) is 0 Å². The molecule has 0 nitrogen and oxygen atoms in total. The summed E-state index contributed by atoms with van der Waals surface area (Å²) >= 11 is 0. The molecule has 0 radical (unpaired) electrons. The summed E-state index contributed by atoms with van der Waals surface area (Å²) < 4.78 is 0. The highest BCUT2D eigenvalue weighted by molar-refractivity contribution is 5.98. The third-order valence-corrected chi connectivity index (χ3v) is 19.6. The summed E-state index contributed by atoms with van der Waals surface area (Å²) in [5, 5.41) is 0. The average Bonchev–Trinajstić information content (AvgIpc) is 2.13. The van der Waals surface area contributed by atoms with Gasteiger partial charge in [0, 0.05) is 10.8 Å². The summed E-state index contributed by atoms with van der Waals surface area (Å²) in [6.45, 7) is 4.61. The lowest BCUT2D eigenvalue weighted by molar-refractivity contribution is 0.550. The summed E-state index contributed by atoms with van der Waals surface area (Å²) in [6.07, 6.45) is 15.7. The van der Waals surface area contributed by atoms with Gasteiger partial charge in [-0.05, 0) is 142 Å². The van der Waals surface area contributed by atoms with E-state index in [-0.39, 0.29) is 16.2 Å². The highest BCUT2D eigenvalue weighted by atomic mass is 14.5. The maximum atomic E-state index is 2.37. The monoisotopic (exact) mass is 1060 g/mol. The molecule has 1 saturated carbocycles. The molecule has 0 aromatic heterocycles. The van der Waals surface area contributed by atoms with Gasteiger partial charge in [0.05, 0.1) is 10.8 Å². The fourth-order valence-corrected chi connectivity index (χ4v) is 16.2. The minimum Gasteiger partial charge on any atom is -0.0804 e. The van der Waals surface area contributed by atoms with Crippen LogP contribution < -0.4 is 0 Å². The fraction of sp³-hybridized carbons (Fsp3) is 0.133. The second-order valence-electron chi connectivity index (χ2n) is 23.9. The summed E-state index contributed by atoms with van der Waals surface area (Å²) in [7, 11) is 0. The summed E-state index contributed by atoms with van der Waals surface area (Å²) in [5.41, 5.74) is 31.1. The van der Waals surface area contributed by atoms with Gasteiger partial charge in [-0.2, -0.15) is 0 Å². The van der Waals surface area contributed by atoms with Crippen LogP contribution in [0.1, 0.15) is 113 Å². The first-order valence-corrected chi connectivity index (χ1v) is 30.0. The molecule has 1 fully saturated rings. The molecular formula is C83H66. The van der Waals surface area contributed by atoms with Gasteiger partial charge >= 0.3 is 0 Å². The largest absolute Gasteiger partial charge is 0.0804 e. The van der Waals surface area contributed by atoms with Gasteiger partial charge in [-0.15, -0.1) is 0 Å². The molecule has 0 heterocycles. The second kappa shape index (κ2) is 20.3. The number of hydrogen-bond acceptors (Lipinski definition) is 0. The predicted molar refractivity (Wildman–Crippen MR) is 347 cm³/mol. The number of fused-ring (bicyclic) bond motifs is 20. The second-order valence-corrected chi connectivity index (χ2v) is 23.9. The molecular weight excluding hydrogens is 997 g/mol. The van der Waals surface area contributed by atoms with Crippen LogP contribution in [0.4, 0.5) is 0 Å². The van der Waals surface area contributed by atoms with Crippen LogP contribution >= 0.6 is 0 Å². The number of benzene rings is 11. The molecule has 0 saturated heterocycles. The Balaban J connectivity index is 0.0000000968. The van der Waals surface area contributed by atoms with Crippen molar-refractivity contribution >= 4 is 5.57 Å². The number of allylic oxidation sites excluding steroid dienone is 6. The molecule has 83 heavy (non-hydrogen) atoms. The molecule has 0 atom stereocenters. The molecule has 18 rings (SSSR count). The van der Waals surface area contributed by atoms with Crippen molar-refractivity contribution in [2.24, 2.45) is 0 Å². The number of rotatable bonds is 2. The molecule has 0 N–H and O–H groups in total. The van der Waals surface area contributed by atoms with Crippen molar-refractivity contribution in [3.63, 3.8) is 0 Å². The molecule has 0 amide bonds. The van der Waals surface area contributed by atoms with Crippen LogP contribution in [0.2, 0.25) is 0 Å². The predicted octanol–water partition coefficient (Wildman–Crippen LogP) is 20.9. The van der Waals surface area contributed by atoms with Gasteiger partial charge in [0.15, 0.2) is 0 Å². The zero-order valence-electron chi connectivity index (χ0n) is 47.4. The van der Waals surface area contributed by atoms with Crippen molar-refractivity contribution in [2.75, 3.05) is 0 Å². The quantitative estimate of drug-likeness (QED) is 0.162. The van der Waals surface area contributed by atoms with Crippen LogP contribution in [0, 0.1) is 0 Å². The highest BCUT2D eigenvalue weighted by Gasteiger charge is 2.52. The Morgan fingerprint density at radius 1 is 0.253 bits per heavy atom. The van der Waals surface area contributed by atoms with Crippen molar-refractivity contribution in [1.82, 2.24) is 0 Å². The lowest BCUT2D eigenvalue weighted by Crippen LogP contribution is -2.28. The molecule has 398 valence electrons. The molecule has 11 aromatic rings. The van der Waals surface area contributed by atoms with Crippen LogP contribution in [0.15, 0.2) is 309 Å². The zero-order valence-corrected chi connectivity index (χ0v) is 47.4. The average molecular weight is 1060 g/mol. The van der Waals surface area contributed by atoms with Crippen molar-refractivity contribution in [3.8, 4) is 44.5 Å². The summed E-state index contributed by atoms with van der Waals surface area (Å²) in [4.78, 5) is 0. The summed E-state index contributed by atoms with van der Waals surface area (Å²) in [5.74, 6) is 0. The van der Waals surface area contributed by atoms with E-state index < -0.39 is 0 Å². The minimum atomic E-state index is -0.254. The Morgan fingerprint density at radius 2 is 0.530 bits per heavy atom. The van der Waals surface area contributed by atoms with Gasteiger partial charge in [-0.3, -0.25) is 0 Å². The van der Waals surface area contributed by atoms with Crippen LogP contribution in [0.5, 0.6) is 0 Å². The van der Waals surface area contributed by atoms with Crippen molar-refractivity contribution in [3.05, 3.63) is 376 Å². The molecule has 7 aliphatic carbocycles. The van der Waals surface area contributed by atoms with Crippen LogP contribution in [-0.2, 0) is 21.7 Å². The Kier molecular flexibility index (Phi) is 12.4. The molecule has 2 spiro atoms. The van der Waals surface area contributed by atoms with Crippen LogP contribution in [0.3, 0.4) is 0 Å². The topological polar surface area (TPSA) is 0 Å². The molecule has 0 unspecified atom stereocenters. The fourth-order valence-electron chi connectivity index (χ4n) is 16.2. The van der Waals surface area contributed by atoms with Crippen molar-refractivity contribution < 1.29 is 0 Å². The van der Waals surface area contributed by atoms with Gasteiger partial charge < -0.3 is 0 Å². The Labute approximate surface area is 490 Å². The maximum Gasteiger partial charge on any atom is 0.0725 e. The zero-order chi connectivity index (χ0) is 55.6. The van der Waals surface area contributed by atoms with E-state index in [1.54, 1.807) is 11.1 Å². The van der Waals surface area contributed by atoms with E-state index in [1.807, 2.05) is 0 Å². The Hall–Kier alpha value is -9.36. The minimum absolute atomic E-state index is 0.160. The van der Waals surface area contributed by atoms with Crippen molar-refractivity contribution in [2.45, 2.75) is 67.6 Å². The molecule has 0 aliphatic heterocycles. The first-order valence-electron chi connectivity index (χ1n) is 30.0. The molecule has 7 aliphatic rings. The van der Waals surface area contributed by atoms with Crippen molar-refractivity contribution in [1.29, 1.82) is 0 Å². The SMILES string of the molecule is C1=CC2=C(C=CC1)C1(c3ccccc32)c2ccccc2-c2ccccc21.CC1(C)c2ccccc2-c2ccccc21.c1ccc(C2(c3ccccc3)c3ccccc3-c3ccccc32)cc1.c1ccc2c(c1)-c1ccccc1C21CCCC1. The van der Waals surface area contributed by atoms with E-state index in [9.17, 15) is 0 Å². The molecule has 0 bridgehead atoms. The smallest absolute Gasteiger partial charge is 0.0725 e. The normalized spacial score (nSPS) is 16.6. The molecule has 0 heteroatoms. The third-order valence-electron chi connectivity index (χ3n) is 19.6. The first-order chi connectivity index (χ1) is 41.0. The van der Waals surface area contributed by atoms with Gasteiger partial charge in [0.25, 0.3) is 0 Å². The number of hydrogen-bond donors (Lipinski definition) is 0. The van der Waals surface area contributed by atoms with Crippen LogP contribution in [0.25, 0.3) is 50.1 Å². The standard InChI is InChI=1S/C26H18.C25H18.C17H16.C15H14/c1-2-10-18-19-11-4-7-15-23(19)26(22(18)14-3-1)24-16-8-5-12-20(24)21-13-6-9-17-25(21)26;1-3-11-19(12-4-1)25(20-13-5-2-6-14-20)23-17-9-7-15-21(23)22-16-8-10-18-24(22)25;1-3-9-15-13(7-1)14-8-2-4-10-16(14)17(15)11-5-6-12-17;1-15(2)13-9-5-3-7-11(13)12-8-4-6-10-14(12)15/h2-17H,1H2;1-18H;1-4,7-10H,5-6,11-12H2;3-10H,1-2H3. The van der Waals surface area contributed by atoms with Gasteiger partial charge in [0.2, 0.25) is 0 Å². The van der Waals surface area contributed by atoms with E-state index in [0.29, 0.717) is 5.41 Å². The summed E-state index contributed by atoms with van der Waals surface area (Å²) in [6, 6.07) is 102. The van der Waals surface area contributed by atoms with E-state index in [2.05, 4.69) is 317 Å². The van der Waals surface area contributed by atoms with Gasteiger partial charge in [-0.1, -0.05) is 330 Å². The molecule has 11 aromatic carbocycles. The lowest BCUT2D eigenvalue weighted by atomic mass is 9.68. The van der Waals surface area contributed by atoms with E-state index in [1.165, 1.54) is 137 Å². The maximum absolute atomic E-state index is 2.37. The highest BCUT2D eigenvalue weighted by Crippen LogP contribution is 2.63. The Morgan fingerprint density at radius 3 is 0.928 bits per heavy atom. The van der Waals surface area contributed by atoms with Crippen LogP contribution in [-0.4, -0.2) is 0 Å². The van der Waals surface area contributed by atoms with E-state index >= 15 is 0 Å². The lowest BCUT2D eigenvalue weighted by Gasteiger charge is -2.33. The Bertz CT molecular complexity index is 4150. The first kappa shape index (κ1) is 50.6.